The number of nitrogens with two attached hydrogens (primary N) is 1. The van der Waals surface area contributed by atoms with Crippen LogP contribution in [0.2, 0.25) is 0 Å². The molecule has 0 atom stereocenters. The van der Waals surface area contributed by atoms with Gasteiger partial charge in [0.2, 0.25) is 0 Å². The van der Waals surface area contributed by atoms with E-state index in [4.69, 9.17) is 5.50 Å². The van der Waals surface area contributed by atoms with Crippen LogP contribution in [-0.2, 0) is 0 Å². The van der Waals surface area contributed by atoms with Gasteiger partial charge in [0, 0.05) is 0 Å². The Kier molecular flexibility index (Phi) is 2.69. The first-order chi connectivity index (χ1) is 3.12. The first-order valence-electron chi connectivity index (χ1n) is 2.29. The molecule has 4 heteroatoms. The van der Waals surface area contributed by atoms with Crippen molar-refractivity contribution in [2.24, 2.45) is 5.50 Å². The quantitative estimate of drug-likeness (QED) is 0.434. The third-order valence-electron chi connectivity index (χ3n) is 1.04. The van der Waals surface area contributed by atoms with Crippen LogP contribution in [-0.4, -0.2) is 20.8 Å². The normalized spacial score (nSPS) is 14.3. The van der Waals surface area contributed by atoms with Crippen molar-refractivity contribution in [3.05, 3.63) is 0 Å². The van der Waals surface area contributed by atoms with E-state index in [1.807, 2.05) is 20.8 Å². The van der Waals surface area contributed by atoms with Gasteiger partial charge in [0.05, 0.1) is 0 Å². The van der Waals surface area contributed by atoms with Crippen molar-refractivity contribution in [3.63, 3.8) is 0 Å². The summed E-state index contributed by atoms with van der Waals surface area (Å²) in [6.07, 6.45) is 0. The van der Waals surface area contributed by atoms with E-state index in [1.165, 1.54) is 0 Å². The summed E-state index contributed by atoms with van der Waals surface area (Å²) in [5, 5.41) is 5.99. The fourth-order valence-electron chi connectivity index (χ4n) is 0.125. The summed E-state index contributed by atoms with van der Waals surface area (Å²) < 4.78 is 0. The molecule has 0 heterocycles. The second-order valence-electron chi connectivity index (χ2n) is 1.70. The van der Waals surface area contributed by atoms with E-state index in [0.717, 1.165) is 0 Å². The molecule has 0 aromatic carbocycles. The summed E-state index contributed by atoms with van der Waals surface area (Å²) in [6, 6.07) is 0. The maximum atomic E-state index is 5.63. The standard InChI is InChI=1S/C3H14N3P/c1-5-7(3,4)6-2/h5-7H,4H2,1-3H3. The van der Waals surface area contributed by atoms with Crippen LogP contribution in [0, 0.1) is 0 Å². The Morgan fingerprint density at radius 3 is 1.57 bits per heavy atom. The van der Waals surface area contributed by atoms with E-state index in [-0.39, 0.29) is 0 Å². The minimum absolute atomic E-state index is 1.65. The van der Waals surface area contributed by atoms with Crippen LogP contribution in [0.3, 0.4) is 0 Å². The Balaban J connectivity index is 3.36. The van der Waals surface area contributed by atoms with Gasteiger partial charge >= 0.3 is 44.2 Å². The fourth-order valence-corrected chi connectivity index (χ4v) is 0.375. The molecule has 0 radical (unpaired) electrons. The SMILES string of the molecule is CN[PH](C)(N)NC. The van der Waals surface area contributed by atoms with Crippen molar-refractivity contribution in [2.75, 3.05) is 20.8 Å². The average molecular weight is 123 g/mol. The number of hydrogen-bond acceptors (Lipinski definition) is 3. The van der Waals surface area contributed by atoms with Gasteiger partial charge in [0.15, 0.2) is 0 Å². The Labute approximate surface area is 45.2 Å². The fraction of sp³-hybridized carbons (Fsp3) is 1.00. The first kappa shape index (κ1) is 7.31. The van der Waals surface area contributed by atoms with Crippen molar-refractivity contribution in [2.45, 2.75) is 0 Å². The molecule has 0 rings (SSSR count). The van der Waals surface area contributed by atoms with E-state index < -0.39 is 7.71 Å². The van der Waals surface area contributed by atoms with Gasteiger partial charge in [-0.2, -0.15) is 0 Å². The van der Waals surface area contributed by atoms with Crippen molar-refractivity contribution in [3.8, 4) is 0 Å². The zero-order valence-electron chi connectivity index (χ0n) is 5.08. The number of hydrogen-bond donors (Lipinski definition) is 3. The molecule has 0 aromatic heterocycles. The van der Waals surface area contributed by atoms with Gasteiger partial charge in [-0.15, -0.1) is 0 Å². The third-order valence-corrected chi connectivity index (χ3v) is 3.12. The Morgan fingerprint density at radius 1 is 1.29 bits per heavy atom. The van der Waals surface area contributed by atoms with Crippen LogP contribution in [0.4, 0.5) is 0 Å². The van der Waals surface area contributed by atoms with Crippen molar-refractivity contribution in [1.29, 1.82) is 0 Å². The zero-order valence-corrected chi connectivity index (χ0v) is 6.08. The van der Waals surface area contributed by atoms with Crippen LogP contribution < -0.4 is 15.7 Å². The van der Waals surface area contributed by atoms with Crippen LogP contribution >= 0.6 is 7.71 Å². The van der Waals surface area contributed by atoms with Gasteiger partial charge in [0.25, 0.3) is 0 Å². The summed E-state index contributed by atoms with van der Waals surface area (Å²) in [6.45, 7) is 1.99. The molecule has 0 aliphatic carbocycles. The summed E-state index contributed by atoms with van der Waals surface area (Å²) in [5.74, 6) is 0. The molecule has 3 nitrogen and oxygen atoms in total. The molecule has 0 fully saturated rings. The zero-order chi connectivity index (χ0) is 5.91. The Hall–Kier alpha value is 0.310. The molecule has 7 heavy (non-hydrogen) atoms. The maximum absolute atomic E-state index is 5.63. The third kappa shape index (κ3) is 2.94. The van der Waals surface area contributed by atoms with Gasteiger partial charge in [-0.05, 0) is 0 Å². The molecular formula is C3H14N3P. The average Bonchev–Trinajstić information content (AvgIpc) is 1.68. The van der Waals surface area contributed by atoms with Crippen LogP contribution in [0.1, 0.15) is 0 Å². The second kappa shape index (κ2) is 2.58. The molecular weight excluding hydrogens is 109 g/mol. The van der Waals surface area contributed by atoms with E-state index in [0.29, 0.717) is 0 Å². The molecule has 0 saturated heterocycles. The predicted molar refractivity (Wildman–Crippen MR) is 36.5 cm³/mol. The topological polar surface area (TPSA) is 50.1 Å². The predicted octanol–water partition coefficient (Wildman–Crippen LogP) is -0.491. The summed E-state index contributed by atoms with van der Waals surface area (Å²) in [4.78, 5) is 0. The monoisotopic (exact) mass is 123 g/mol. The van der Waals surface area contributed by atoms with E-state index >= 15 is 0 Å². The van der Waals surface area contributed by atoms with Gasteiger partial charge in [-0.3, -0.25) is 0 Å². The first-order valence-corrected chi connectivity index (χ1v) is 4.87. The van der Waals surface area contributed by atoms with Gasteiger partial charge in [-0.25, -0.2) is 0 Å². The summed E-state index contributed by atoms with van der Waals surface area (Å²) in [5.41, 5.74) is 5.63. The van der Waals surface area contributed by atoms with E-state index in [9.17, 15) is 0 Å². The van der Waals surface area contributed by atoms with Gasteiger partial charge < -0.3 is 0 Å². The second-order valence-corrected chi connectivity index (χ2v) is 5.11. The van der Waals surface area contributed by atoms with E-state index in [2.05, 4.69) is 10.2 Å². The number of rotatable bonds is 2. The molecule has 0 aliphatic rings. The van der Waals surface area contributed by atoms with Crippen LogP contribution in [0.15, 0.2) is 0 Å². The molecule has 0 aromatic rings. The molecule has 0 saturated carbocycles. The van der Waals surface area contributed by atoms with Gasteiger partial charge in [0.1, 0.15) is 0 Å². The molecule has 46 valence electrons. The molecule has 0 spiro atoms. The molecule has 0 unspecified atom stereocenters. The molecule has 0 amide bonds. The molecule has 0 bridgehead atoms. The summed E-state index contributed by atoms with van der Waals surface area (Å²) in [7, 11) is 2.08. The Morgan fingerprint density at radius 2 is 1.57 bits per heavy atom. The summed E-state index contributed by atoms with van der Waals surface area (Å²) >= 11 is 0. The van der Waals surface area contributed by atoms with Gasteiger partial charge in [-0.1, -0.05) is 0 Å². The van der Waals surface area contributed by atoms with Crippen LogP contribution in [0.5, 0.6) is 0 Å². The molecule has 4 N–H and O–H groups in total. The van der Waals surface area contributed by atoms with Crippen molar-refractivity contribution < 1.29 is 0 Å². The van der Waals surface area contributed by atoms with Crippen LogP contribution in [0.25, 0.3) is 0 Å². The molecule has 0 aliphatic heterocycles. The van der Waals surface area contributed by atoms with E-state index in [1.54, 1.807) is 0 Å². The Bertz CT molecular complexity index is 48.1. The minimum atomic E-state index is -1.65. The number of nitrogens with one attached hydrogen (secondary N) is 2. The van der Waals surface area contributed by atoms with Crippen molar-refractivity contribution in [1.82, 2.24) is 10.2 Å². The van der Waals surface area contributed by atoms with Crippen molar-refractivity contribution >= 4 is 7.71 Å².